The van der Waals surface area contributed by atoms with Gasteiger partial charge in [-0.3, -0.25) is 4.21 Å². The first kappa shape index (κ1) is 11.5. The molecule has 84 valence electrons. The van der Waals surface area contributed by atoms with Gasteiger partial charge in [0, 0.05) is 6.26 Å². The van der Waals surface area contributed by atoms with Gasteiger partial charge in [0.2, 0.25) is 5.16 Å². The monoisotopic (exact) mass is 276 g/mol. The maximum Gasteiger partial charge on any atom is 0.244 e. The average Bonchev–Trinajstić information content (AvgIpc) is 2.71. The van der Waals surface area contributed by atoms with Crippen molar-refractivity contribution in [3.8, 4) is 5.69 Å². The van der Waals surface area contributed by atoms with Crippen LogP contribution in [0.3, 0.4) is 0 Å². The summed E-state index contributed by atoms with van der Waals surface area (Å²) in [5.74, 6) is 0. The molecular formula is C8H6Cl2N4OS. The Hall–Kier alpha value is -0.980. The minimum atomic E-state index is -1.27. The molecule has 2 aromatic rings. The predicted molar refractivity (Wildman–Crippen MR) is 61.5 cm³/mol. The Labute approximate surface area is 104 Å². The number of tetrazole rings is 1. The van der Waals surface area contributed by atoms with E-state index in [1.165, 1.54) is 10.9 Å². The van der Waals surface area contributed by atoms with Gasteiger partial charge in [0.1, 0.15) is 0 Å². The van der Waals surface area contributed by atoms with Crippen LogP contribution in [0, 0.1) is 0 Å². The fourth-order valence-corrected chi connectivity index (χ4v) is 1.97. The largest absolute Gasteiger partial charge is 0.251 e. The summed E-state index contributed by atoms with van der Waals surface area (Å²) in [5, 5.41) is 12.0. The van der Waals surface area contributed by atoms with E-state index in [1.54, 1.807) is 18.2 Å². The standard InChI is InChI=1S/C8H6Cl2N4OS/c1-16(15)8-11-12-13-14(8)5-2-3-6(9)7(10)4-5/h2-4H,1H3. The van der Waals surface area contributed by atoms with Crippen LogP contribution in [0.15, 0.2) is 23.4 Å². The molecule has 1 aromatic heterocycles. The van der Waals surface area contributed by atoms with Gasteiger partial charge in [0.15, 0.2) is 0 Å². The highest BCUT2D eigenvalue weighted by Gasteiger charge is 2.12. The third-order valence-electron chi connectivity index (χ3n) is 1.85. The first-order chi connectivity index (χ1) is 7.59. The van der Waals surface area contributed by atoms with E-state index in [0.717, 1.165) is 0 Å². The van der Waals surface area contributed by atoms with Gasteiger partial charge < -0.3 is 0 Å². The molecule has 0 amide bonds. The minimum Gasteiger partial charge on any atom is -0.251 e. The van der Waals surface area contributed by atoms with E-state index in [0.29, 0.717) is 15.7 Å². The van der Waals surface area contributed by atoms with Crippen molar-refractivity contribution in [2.75, 3.05) is 6.26 Å². The third-order valence-corrected chi connectivity index (χ3v) is 3.35. The number of halogens is 2. The van der Waals surface area contributed by atoms with Crippen LogP contribution in [-0.4, -0.2) is 30.7 Å². The van der Waals surface area contributed by atoms with Gasteiger partial charge in [-0.15, -0.1) is 0 Å². The second kappa shape index (κ2) is 4.48. The number of nitrogens with zero attached hydrogens (tertiary/aromatic N) is 4. The van der Waals surface area contributed by atoms with Gasteiger partial charge in [-0.25, -0.2) is 0 Å². The summed E-state index contributed by atoms with van der Waals surface area (Å²) < 4.78 is 12.7. The molecule has 16 heavy (non-hydrogen) atoms. The molecule has 1 unspecified atom stereocenters. The summed E-state index contributed by atoms with van der Waals surface area (Å²) in [6.07, 6.45) is 1.50. The molecule has 0 aliphatic heterocycles. The van der Waals surface area contributed by atoms with E-state index in [4.69, 9.17) is 23.2 Å². The number of aromatic nitrogens is 4. The van der Waals surface area contributed by atoms with Crippen LogP contribution in [0.25, 0.3) is 5.69 Å². The second-order valence-electron chi connectivity index (χ2n) is 2.93. The molecule has 0 bridgehead atoms. The summed E-state index contributed by atoms with van der Waals surface area (Å²) in [6, 6.07) is 4.93. The van der Waals surface area contributed by atoms with Crippen LogP contribution in [0.5, 0.6) is 0 Å². The number of benzene rings is 1. The molecule has 1 aromatic carbocycles. The van der Waals surface area contributed by atoms with Gasteiger partial charge in [-0.1, -0.05) is 28.3 Å². The number of rotatable bonds is 2. The molecule has 0 aliphatic carbocycles. The Bertz CT molecular complexity index is 557. The van der Waals surface area contributed by atoms with Crippen LogP contribution >= 0.6 is 23.2 Å². The van der Waals surface area contributed by atoms with Crippen LogP contribution in [-0.2, 0) is 10.8 Å². The Morgan fingerprint density at radius 1 is 1.31 bits per heavy atom. The van der Waals surface area contributed by atoms with Gasteiger partial charge in [0.05, 0.1) is 26.5 Å². The zero-order chi connectivity index (χ0) is 11.7. The molecule has 8 heteroatoms. The van der Waals surface area contributed by atoms with Crippen molar-refractivity contribution in [2.45, 2.75) is 5.16 Å². The highest BCUT2D eigenvalue weighted by molar-refractivity contribution is 7.84. The molecule has 0 fully saturated rings. The third kappa shape index (κ3) is 2.09. The average molecular weight is 277 g/mol. The highest BCUT2D eigenvalue weighted by Crippen LogP contribution is 2.24. The molecule has 1 heterocycles. The van der Waals surface area contributed by atoms with E-state index < -0.39 is 10.8 Å². The SMILES string of the molecule is CS(=O)c1nnnn1-c1ccc(Cl)c(Cl)c1. The van der Waals surface area contributed by atoms with Gasteiger partial charge in [-0.2, -0.15) is 4.68 Å². The molecule has 0 spiro atoms. The smallest absolute Gasteiger partial charge is 0.244 e. The van der Waals surface area contributed by atoms with Crippen LogP contribution in [0.1, 0.15) is 0 Å². The Kier molecular flexibility index (Phi) is 3.22. The molecule has 0 aliphatic rings. The first-order valence-corrected chi connectivity index (χ1v) is 6.48. The van der Waals surface area contributed by atoms with E-state index in [1.807, 2.05) is 0 Å². The molecule has 0 saturated heterocycles. The minimum absolute atomic E-state index is 0.262. The lowest BCUT2D eigenvalue weighted by Crippen LogP contribution is -2.04. The molecule has 0 radical (unpaired) electrons. The van der Waals surface area contributed by atoms with E-state index in [2.05, 4.69) is 15.5 Å². The van der Waals surface area contributed by atoms with E-state index in [-0.39, 0.29) is 5.16 Å². The zero-order valence-electron chi connectivity index (χ0n) is 8.09. The molecule has 2 rings (SSSR count). The van der Waals surface area contributed by atoms with Crippen LogP contribution in [0.4, 0.5) is 0 Å². The fourth-order valence-electron chi connectivity index (χ4n) is 1.14. The Balaban J connectivity index is 2.54. The maximum atomic E-state index is 11.3. The molecule has 1 atom stereocenters. The summed E-state index contributed by atoms with van der Waals surface area (Å²) in [5.41, 5.74) is 0.615. The number of hydrogen-bond donors (Lipinski definition) is 0. The van der Waals surface area contributed by atoms with Crippen molar-refractivity contribution in [3.63, 3.8) is 0 Å². The molecule has 5 nitrogen and oxygen atoms in total. The van der Waals surface area contributed by atoms with Crippen LogP contribution in [0.2, 0.25) is 10.0 Å². The zero-order valence-corrected chi connectivity index (χ0v) is 10.4. The second-order valence-corrected chi connectivity index (χ2v) is 5.01. The van der Waals surface area contributed by atoms with Crippen molar-refractivity contribution in [2.24, 2.45) is 0 Å². The summed E-state index contributed by atoms with van der Waals surface area (Å²) in [4.78, 5) is 0. The number of hydrogen-bond acceptors (Lipinski definition) is 4. The van der Waals surface area contributed by atoms with Crippen molar-refractivity contribution in [1.82, 2.24) is 20.2 Å². The molecular weight excluding hydrogens is 271 g/mol. The van der Waals surface area contributed by atoms with Gasteiger partial charge >= 0.3 is 0 Å². The van der Waals surface area contributed by atoms with Gasteiger partial charge in [0.25, 0.3) is 0 Å². The summed E-state index contributed by atoms with van der Waals surface area (Å²) >= 11 is 11.7. The van der Waals surface area contributed by atoms with Gasteiger partial charge in [-0.05, 0) is 28.6 Å². The molecule has 0 N–H and O–H groups in total. The van der Waals surface area contributed by atoms with Crippen molar-refractivity contribution >= 4 is 34.0 Å². The maximum absolute atomic E-state index is 11.3. The summed E-state index contributed by atoms with van der Waals surface area (Å²) in [7, 11) is -1.27. The quantitative estimate of drug-likeness (QED) is 0.838. The Morgan fingerprint density at radius 2 is 2.06 bits per heavy atom. The normalized spacial score (nSPS) is 12.7. The lowest BCUT2D eigenvalue weighted by Gasteiger charge is -2.03. The fraction of sp³-hybridized carbons (Fsp3) is 0.125. The predicted octanol–water partition coefficient (Wildman–Crippen LogP) is 1.71. The van der Waals surface area contributed by atoms with Crippen molar-refractivity contribution in [1.29, 1.82) is 0 Å². The molecule has 0 saturated carbocycles. The van der Waals surface area contributed by atoms with Crippen molar-refractivity contribution in [3.05, 3.63) is 28.2 Å². The van der Waals surface area contributed by atoms with Crippen molar-refractivity contribution < 1.29 is 4.21 Å². The van der Waals surface area contributed by atoms with Crippen LogP contribution < -0.4 is 0 Å². The first-order valence-electron chi connectivity index (χ1n) is 4.17. The van der Waals surface area contributed by atoms with E-state index >= 15 is 0 Å². The summed E-state index contributed by atoms with van der Waals surface area (Å²) in [6.45, 7) is 0. The topological polar surface area (TPSA) is 60.7 Å². The Morgan fingerprint density at radius 3 is 2.69 bits per heavy atom. The lowest BCUT2D eigenvalue weighted by molar-refractivity contribution is 0.670. The highest BCUT2D eigenvalue weighted by atomic mass is 35.5. The lowest BCUT2D eigenvalue weighted by atomic mass is 10.3. The van der Waals surface area contributed by atoms with E-state index in [9.17, 15) is 4.21 Å².